The molecule has 0 saturated heterocycles. The van der Waals surface area contributed by atoms with Crippen molar-refractivity contribution in [1.29, 1.82) is 0 Å². The molecule has 39 heavy (non-hydrogen) atoms. The summed E-state index contributed by atoms with van der Waals surface area (Å²) in [5, 5.41) is 0. The Morgan fingerprint density at radius 3 is 1.28 bits per heavy atom. The van der Waals surface area contributed by atoms with Gasteiger partial charge in [0.15, 0.2) is 11.6 Å². The van der Waals surface area contributed by atoms with E-state index in [2.05, 4.69) is 39.6 Å². The van der Waals surface area contributed by atoms with Gasteiger partial charge in [-0.25, -0.2) is 15.0 Å². The molecule has 0 amide bonds. The van der Waals surface area contributed by atoms with E-state index in [-0.39, 0.29) is 12.4 Å². The Bertz CT molecular complexity index is 1560. The summed E-state index contributed by atoms with van der Waals surface area (Å²) in [4.78, 5) is 28.9. The van der Waals surface area contributed by atoms with Crippen LogP contribution in [0.15, 0.2) is 116 Å². The number of benzene rings is 2. The minimum Gasteiger partial charge on any atom is -0.337 e. The number of imidazole rings is 2. The van der Waals surface area contributed by atoms with Gasteiger partial charge in [-0.2, -0.15) is 0 Å². The summed E-state index contributed by atoms with van der Waals surface area (Å²) >= 11 is 1.82. The molecule has 7 nitrogen and oxygen atoms in total. The molecule has 0 saturated carbocycles. The second-order valence-electron chi connectivity index (χ2n) is 8.04. The molecule has 2 aromatic carbocycles. The molecule has 5 heterocycles. The number of nitrogens with zero attached hydrogens (tertiary/aromatic N) is 5. The van der Waals surface area contributed by atoms with Crippen molar-refractivity contribution in [3.05, 3.63) is 116 Å². The van der Waals surface area contributed by atoms with Crippen LogP contribution in [0.25, 0.3) is 56.5 Å². The first-order valence-corrected chi connectivity index (χ1v) is 13.9. The number of pyridine rings is 3. The van der Waals surface area contributed by atoms with Crippen LogP contribution in [0.2, 0.25) is 0 Å². The van der Waals surface area contributed by atoms with Crippen molar-refractivity contribution in [3.8, 4) is 34.4 Å². The van der Waals surface area contributed by atoms with E-state index in [1.54, 1.807) is 12.4 Å². The largest absolute Gasteiger partial charge is 0.337 e. The van der Waals surface area contributed by atoms with Crippen LogP contribution in [-0.2, 0) is 17.3 Å². The van der Waals surface area contributed by atoms with E-state index < -0.39 is 0 Å². The topological polar surface area (TPSA) is 96.0 Å². The van der Waals surface area contributed by atoms with Crippen LogP contribution in [0.4, 0.5) is 0 Å². The monoisotopic (exact) mass is 639 g/mol. The van der Waals surface area contributed by atoms with Crippen molar-refractivity contribution in [3.63, 3.8) is 0 Å². The van der Waals surface area contributed by atoms with Crippen molar-refractivity contribution in [1.82, 2.24) is 34.9 Å². The molecule has 7 rings (SSSR count). The van der Waals surface area contributed by atoms with Crippen molar-refractivity contribution < 1.29 is 29.7 Å². The smallest absolute Gasteiger partial charge is 0.157 e. The van der Waals surface area contributed by atoms with Gasteiger partial charge in [-0.3, -0.25) is 9.97 Å². The summed E-state index contributed by atoms with van der Waals surface area (Å²) in [6.07, 6.45) is 3.54. The zero-order valence-corrected chi connectivity index (χ0v) is 23.6. The van der Waals surface area contributed by atoms with Gasteiger partial charge in [-0.05, 0) is 60.7 Å². The van der Waals surface area contributed by atoms with Crippen LogP contribution in [0.3, 0.4) is 0 Å². The third-order valence-electron chi connectivity index (χ3n) is 5.61. The van der Waals surface area contributed by atoms with Crippen LogP contribution >= 0.6 is 9.69 Å². The average Bonchev–Trinajstić information content (AvgIpc) is 3.65. The Labute approximate surface area is 245 Å². The molecular formula is C29H21Cl2N7Ru. The molecule has 2 N–H and O–H groups in total. The fraction of sp³-hybridized carbons (Fsp3) is 0. The second-order valence-corrected chi connectivity index (χ2v) is 8.04. The number of aromatic amines is 2. The molecule has 194 valence electrons. The van der Waals surface area contributed by atoms with E-state index in [0.717, 1.165) is 56.5 Å². The van der Waals surface area contributed by atoms with Gasteiger partial charge < -0.3 is 22.4 Å². The number of rotatable bonds is 3. The molecule has 0 unspecified atom stereocenters. The van der Waals surface area contributed by atoms with E-state index in [1.165, 1.54) is 0 Å². The quantitative estimate of drug-likeness (QED) is 0.285. The summed E-state index contributed by atoms with van der Waals surface area (Å²) in [5.41, 5.74) is 7.29. The Kier molecular flexibility index (Phi) is 9.87. The zero-order chi connectivity index (χ0) is 26.2. The van der Waals surface area contributed by atoms with Gasteiger partial charge >= 0.3 is 27.0 Å². The van der Waals surface area contributed by atoms with Crippen molar-refractivity contribution in [2.75, 3.05) is 0 Å². The maximum Gasteiger partial charge on any atom is 0.157 e. The molecule has 10 heteroatoms. The van der Waals surface area contributed by atoms with Gasteiger partial charge in [0.05, 0.1) is 33.5 Å². The van der Waals surface area contributed by atoms with E-state index in [0.29, 0.717) is 0 Å². The molecular weight excluding hydrogens is 618 g/mol. The zero-order valence-electron chi connectivity index (χ0n) is 20.3. The summed E-state index contributed by atoms with van der Waals surface area (Å²) in [6, 6.07) is 33.4. The normalized spacial score (nSPS) is 10.1. The Morgan fingerprint density at radius 2 is 0.872 bits per heavy atom. The summed E-state index contributed by atoms with van der Waals surface area (Å²) < 4.78 is 0. The number of H-pyrrole nitrogens is 2. The number of halogens is 2. The number of hydrogen-bond acceptors (Lipinski definition) is 5. The van der Waals surface area contributed by atoms with Gasteiger partial charge in [0, 0.05) is 12.4 Å². The fourth-order valence-corrected chi connectivity index (χ4v) is 3.88. The first-order chi connectivity index (χ1) is 18.8. The average molecular weight is 640 g/mol. The van der Waals surface area contributed by atoms with E-state index >= 15 is 0 Å². The van der Waals surface area contributed by atoms with Crippen molar-refractivity contribution >= 4 is 31.8 Å². The van der Waals surface area contributed by atoms with Gasteiger partial charge in [-0.15, -0.1) is 0 Å². The maximum absolute atomic E-state index is 4.72. The predicted molar refractivity (Wildman–Crippen MR) is 148 cm³/mol. The van der Waals surface area contributed by atoms with Crippen molar-refractivity contribution in [2.45, 2.75) is 0 Å². The number of aromatic nitrogens is 7. The summed E-state index contributed by atoms with van der Waals surface area (Å²) in [7, 11) is 4.57. The minimum atomic E-state index is 0. The van der Waals surface area contributed by atoms with E-state index in [9.17, 15) is 0 Å². The SMILES string of the molecule is [Cl-].[Cl][Ru+].c1cc(-c2nc3ccccc3[nH]2)nc(-c2nc3ccccc3[nH]2)c1.c1ccc(-c2ccccn2)nc1. The number of fused-ring (bicyclic) bond motifs is 2. The molecule has 7 aromatic rings. The summed E-state index contributed by atoms with van der Waals surface area (Å²) in [5.74, 6) is 1.52. The van der Waals surface area contributed by atoms with E-state index in [4.69, 9.17) is 4.98 Å². The Hall–Kier alpha value is -3.97. The fourth-order valence-electron chi connectivity index (χ4n) is 3.88. The van der Waals surface area contributed by atoms with Crippen LogP contribution in [0, 0.1) is 0 Å². The maximum atomic E-state index is 4.72. The number of hydrogen-bond donors (Lipinski definition) is 2. The first kappa shape index (κ1) is 28.1. The third kappa shape index (κ3) is 6.73. The van der Waals surface area contributed by atoms with Gasteiger partial charge in [0.1, 0.15) is 11.4 Å². The van der Waals surface area contributed by atoms with Crippen molar-refractivity contribution in [2.24, 2.45) is 0 Å². The van der Waals surface area contributed by atoms with Crippen LogP contribution in [0.1, 0.15) is 0 Å². The van der Waals surface area contributed by atoms with Gasteiger partial charge in [-0.1, -0.05) is 42.5 Å². The Morgan fingerprint density at radius 1 is 0.462 bits per heavy atom. The predicted octanol–water partition coefficient (Wildman–Crippen LogP) is 4.00. The van der Waals surface area contributed by atoms with E-state index in [1.807, 2.05) is 120 Å². The van der Waals surface area contributed by atoms with Crippen LogP contribution in [-0.4, -0.2) is 34.9 Å². The molecule has 0 fully saturated rings. The van der Waals surface area contributed by atoms with Crippen LogP contribution in [0.5, 0.6) is 0 Å². The summed E-state index contributed by atoms with van der Waals surface area (Å²) in [6.45, 7) is 0. The molecule has 5 aromatic heterocycles. The number of para-hydroxylation sites is 4. The van der Waals surface area contributed by atoms with Gasteiger partial charge in [0.25, 0.3) is 0 Å². The minimum absolute atomic E-state index is 0. The molecule has 0 atom stereocenters. The molecule has 0 spiro atoms. The van der Waals surface area contributed by atoms with Gasteiger partial charge in [0.2, 0.25) is 0 Å². The third-order valence-corrected chi connectivity index (χ3v) is 5.61. The van der Waals surface area contributed by atoms with Crippen LogP contribution < -0.4 is 12.4 Å². The molecule has 0 bridgehead atoms. The molecule has 0 aliphatic carbocycles. The Balaban J connectivity index is 0.000000200. The second kappa shape index (κ2) is 13.7. The molecule has 0 aliphatic rings. The first-order valence-electron chi connectivity index (χ1n) is 11.7. The standard InChI is InChI=1S/C19H13N5.C10H8N2.2ClH.Ru/c1-2-7-13-12(6-1)21-18(22-13)16-10-5-11-17(20-16)19-23-14-8-3-4-9-15(14)24-19;1-3-7-11-9(5-1)10-6-2-4-8-12-10;;;/h1-11H,(H,21,22)(H,23,24);1-8H;2*1H;/q;;;;+2/p-2. The molecule has 0 aliphatic heterocycles. The number of nitrogens with one attached hydrogen (secondary N) is 2. The molecule has 0 radical (unpaired) electrons.